The Hall–Kier alpha value is -1.82. The van der Waals surface area contributed by atoms with Crippen molar-refractivity contribution in [1.82, 2.24) is 9.78 Å². The first-order valence-electron chi connectivity index (χ1n) is 6.91. The molecule has 21 heavy (non-hydrogen) atoms. The third-order valence-corrected chi connectivity index (χ3v) is 4.04. The minimum absolute atomic E-state index is 0.246. The highest BCUT2D eigenvalue weighted by molar-refractivity contribution is 5.32. The van der Waals surface area contributed by atoms with E-state index in [0.29, 0.717) is 0 Å². The molecule has 0 aliphatic heterocycles. The van der Waals surface area contributed by atoms with Crippen molar-refractivity contribution in [3.05, 3.63) is 53.3 Å². The van der Waals surface area contributed by atoms with Crippen molar-refractivity contribution < 1.29 is 13.2 Å². The Bertz CT molecular complexity index is 633. The molecule has 1 aliphatic carbocycles. The molecule has 0 saturated heterocycles. The summed E-state index contributed by atoms with van der Waals surface area (Å²) in [5.41, 5.74) is 7.75. The lowest BCUT2D eigenvalue weighted by atomic mass is 9.97. The summed E-state index contributed by atoms with van der Waals surface area (Å²) in [6, 6.07) is 7.26. The van der Waals surface area contributed by atoms with Crippen LogP contribution in [0.4, 0.5) is 13.2 Å². The Balaban J connectivity index is 1.94. The summed E-state index contributed by atoms with van der Waals surface area (Å²) in [5.74, 6) is 0. The van der Waals surface area contributed by atoms with Crippen LogP contribution in [0.15, 0.2) is 36.7 Å². The van der Waals surface area contributed by atoms with Crippen LogP contribution < -0.4 is 5.73 Å². The third-order valence-electron chi connectivity index (χ3n) is 4.04. The molecule has 2 aromatic rings. The first kappa shape index (κ1) is 14.1. The van der Waals surface area contributed by atoms with Gasteiger partial charge in [-0.05, 0) is 30.4 Å². The standard InChI is InChI=1S/C15H16F3N3/c16-15(17,18)11-8-20-21(9-11)13-7-3-5-10-4-1-2-6-12(10)14(13)19/h1-2,4,6,8-9,13-14H,3,5,7,19H2. The van der Waals surface area contributed by atoms with Crippen molar-refractivity contribution >= 4 is 0 Å². The van der Waals surface area contributed by atoms with Gasteiger partial charge in [-0.15, -0.1) is 0 Å². The van der Waals surface area contributed by atoms with Gasteiger partial charge >= 0.3 is 6.18 Å². The lowest BCUT2D eigenvalue weighted by Gasteiger charge is -2.23. The maximum atomic E-state index is 12.7. The van der Waals surface area contributed by atoms with Crippen LogP contribution in [0.25, 0.3) is 0 Å². The van der Waals surface area contributed by atoms with E-state index in [0.717, 1.165) is 37.2 Å². The molecule has 3 nitrogen and oxygen atoms in total. The number of nitrogens with two attached hydrogens (primary N) is 1. The molecule has 6 heteroatoms. The fourth-order valence-corrected chi connectivity index (χ4v) is 2.94. The summed E-state index contributed by atoms with van der Waals surface area (Å²) in [4.78, 5) is 0. The van der Waals surface area contributed by atoms with Crippen LogP contribution in [0.2, 0.25) is 0 Å². The van der Waals surface area contributed by atoms with Gasteiger partial charge in [0.1, 0.15) is 0 Å². The number of hydrogen-bond donors (Lipinski definition) is 1. The molecule has 0 bridgehead atoms. The van der Waals surface area contributed by atoms with Crippen LogP contribution in [0.1, 0.15) is 41.6 Å². The zero-order valence-electron chi connectivity index (χ0n) is 11.3. The highest BCUT2D eigenvalue weighted by Gasteiger charge is 2.34. The van der Waals surface area contributed by atoms with E-state index in [9.17, 15) is 13.2 Å². The zero-order chi connectivity index (χ0) is 15.0. The molecule has 0 amide bonds. The maximum Gasteiger partial charge on any atom is 0.419 e. The minimum atomic E-state index is -4.37. The van der Waals surface area contributed by atoms with E-state index in [4.69, 9.17) is 5.73 Å². The minimum Gasteiger partial charge on any atom is -0.322 e. The van der Waals surface area contributed by atoms with Crippen LogP contribution in [-0.2, 0) is 12.6 Å². The molecule has 112 valence electrons. The Kier molecular flexibility index (Phi) is 3.49. The molecule has 0 fully saturated rings. The van der Waals surface area contributed by atoms with Crippen molar-refractivity contribution in [1.29, 1.82) is 0 Å². The van der Waals surface area contributed by atoms with Gasteiger partial charge in [-0.1, -0.05) is 24.3 Å². The molecule has 3 rings (SSSR count). The van der Waals surface area contributed by atoms with Gasteiger partial charge in [0.2, 0.25) is 0 Å². The highest BCUT2D eigenvalue weighted by atomic mass is 19.4. The van der Waals surface area contributed by atoms with Crippen molar-refractivity contribution in [2.24, 2.45) is 5.73 Å². The number of rotatable bonds is 1. The summed E-state index contributed by atoms with van der Waals surface area (Å²) < 4.78 is 39.5. The molecule has 0 saturated carbocycles. The first-order chi connectivity index (χ1) is 9.97. The summed E-state index contributed by atoms with van der Waals surface area (Å²) in [6.07, 6.45) is 0.0478. The smallest absolute Gasteiger partial charge is 0.322 e. The Morgan fingerprint density at radius 3 is 2.71 bits per heavy atom. The number of benzene rings is 1. The van der Waals surface area contributed by atoms with Crippen LogP contribution in [0, 0.1) is 0 Å². The molecule has 0 radical (unpaired) electrons. The van der Waals surface area contributed by atoms with E-state index in [1.165, 1.54) is 10.2 Å². The van der Waals surface area contributed by atoms with Gasteiger partial charge in [0.15, 0.2) is 0 Å². The summed E-state index contributed by atoms with van der Waals surface area (Å²) in [5, 5.41) is 3.89. The molecular weight excluding hydrogens is 279 g/mol. The van der Waals surface area contributed by atoms with Crippen molar-refractivity contribution in [2.75, 3.05) is 0 Å². The largest absolute Gasteiger partial charge is 0.419 e. The topological polar surface area (TPSA) is 43.8 Å². The molecule has 1 heterocycles. The zero-order valence-corrected chi connectivity index (χ0v) is 11.3. The lowest BCUT2D eigenvalue weighted by Crippen LogP contribution is -2.24. The van der Waals surface area contributed by atoms with E-state index in [1.54, 1.807) is 0 Å². The van der Waals surface area contributed by atoms with Gasteiger partial charge < -0.3 is 5.73 Å². The maximum absolute atomic E-state index is 12.7. The SMILES string of the molecule is NC1c2ccccc2CCCC1n1cc(C(F)(F)F)cn1. The van der Waals surface area contributed by atoms with Gasteiger partial charge in [0, 0.05) is 6.20 Å². The van der Waals surface area contributed by atoms with Crippen LogP contribution in [0.3, 0.4) is 0 Å². The van der Waals surface area contributed by atoms with Gasteiger partial charge in [-0.25, -0.2) is 0 Å². The second kappa shape index (κ2) is 5.18. The van der Waals surface area contributed by atoms with E-state index in [2.05, 4.69) is 5.10 Å². The van der Waals surface area contributed by atoms with Crippen molar-refractivity contribution in [3.8, 4) is 0 Å². The normalized spacial score (nSPS) is 22.7. The monoisotopic (exact) mass is 295 g/mol. The molecule has 0 spiro atoms. The molecule has 1 aliphatic rings. The van der Waals surface area contributed by atoms with Crippen LogP contribution in [-0.4, -0.2) is 9.78 Å². The van der Waals surface area contributed by atoms with Gasteiger partial charge in [0.05, 0.1) is 23.8 Å². The predicted octanol–water partition coefficient (Wildman–Crippen LogP) is 3.48. The number of fused-ring (bicyclic) bond motifs is 1. The number of alkyl halides is 3. The Morgan fingerprint density at radius 1 is 1.24 bits per heavy atom. The van der Waals surface area contributed by atoms with E-state index < -0.39 is 11.7 Å². The van der Waals surface area contributed by atoms with Gasteiger partial charge in [-0.3, -0.25) is 4.68 Å². The van der Waals surface area contributed by atoms with Gasteiger partial charge in [0.25, 0.3) is 0 Å². The first-order valence-corrected chi connectivity index (χ1v) is 6.91. The van der Waals surface area contributed by atoms with Gasteiger partial charge in [-0.2, -0.15) is 18.3 Å². The lowest BCUT2D eigenvalue weighted by molar-refractivity contribution is -0.137. The molecular formula is C15H16F3N3. The molecule has 2 N–H and O–H groups in total. The number of nitrogens with zero attached hydrogens (tertiary/aromatic N) is 2. The second-order valence-corrected chi connectivity index (χ2v) is 5.39. The summed E-state index contributed by atoms with van der Waals surface area (Å²) >= 11 is 0. The number of aryl methyl sites for hydroxylation is 1. The summed E-state index contributed by atoms with van der Waals surface area (Å²) in [7, 11) is 0. The number of hydrogen-bond acceptors (Lipinski definition) is 2. The van der Waals surface area contributed by atoms with E-state index in [-0.39, 0.29) is 12.1 Å². The predicted molar refractivity (Wildman–Crippen MR) is 72.6 cm³/mol. The average Bonchev–Trinajstić information content (AvgIpc) is 2.87. The molecule has 2 atom stereocenters. The Labute approximate surface area is 120 Å². The molecule has 1 aromatic carbocycles. The fourth-order valence-electron chi connectivity index (χ4n) is 2.94. The molecule has 1 aromatic heterocycles. The van der Waals surface area contributed by atoms with Crippen molar-refractivity contribution in [2.45, 2.75) is 37.5 Å². The van der Waals surface area contributed by atoms with Crippen molar-refractivity contribution in [3.63, 3.8) is 0 Å². The summed E-state index contributed by atoms with van der Waals surface area (Å²) in [6.45, 7) is 0. The number of aromatic nitrogens is 2. The fraction of sp³-hybridized carbons (Fsp3) is 0.400. The third kappa shape index (κ3) is 2.68. The second-order valence-electron chi connectivity index (χ2n) is 5.39. The quantitative estimate of drug-likeness (QED) is 0.819. The number of halogens is 3. The van der Waals surface area contributed by atoms with E-state index in [1.807, 2.05) is 24.3 Å². The molecule has 2 unspecified atom stereocenters. The van der Waals surface area contributed by atoms with Crippen LogP contribution in [0.5, 0.6) is 0 Å². The Morgan fingerprint density at radius 2 is 2.00 bits per heavy atom. The van der Waals surface area contributed by atoms with Crippen LogP contribution >= 0.6 is 0 Å². The van der Waals surface area contributed by atoms with E-state index >= 15 is 0 Å². The average molecular weight is 295 g/mol. The highest BCUT2D eigenvalue weighted by Crippen LogP contribution is 2.36.